The van der Waals surface area contributed by atoms with Crippen LogP contribution in [0.15, 0.2) is 28.7 Å². The maximum absolute atomic E-state index is 12.1. The van der Waals surface area contributed by atoms with Gasteiger partial charge in [0.05, 0.1) is 11.5 Å². The normalized spacial score (nSPS) is 26.4. The lowest BCUT2D eigenvalue weighted by Gasteiger charge is -2.36. The van der Waals surface area contributed by atoms with Crippen LogP contribution in [0.3, 0.4) is 0 Å². The third-order valence-electron chi connectivity index (χ3n) is 3.93. The molecule has 0 amide bonds. The van der Waals surface area contributed by atoms with Gasteiger partial charge in [-0.25, -0.2) is 0 Å². The summed E-state index contributed by atoms with van der Waals surface area (Å²) in [5.41, 5.74) is -0.344. The van der Waals surface area contributed by atoms with Crippen LogP contribution in [-0.4, -0.2) is 16.7 Å². The van der Waals surface area contributed by atoms with Crippen LogP contribution in [0.2, 0.25) is 0 Å². The second-order valence-electron chi connectivity index (χ2n) is 6.85. The Hall–Kier alpha value is -0.870. The Morgan fingerprint density at radius 3 is 2.24 bits per heavy atom. The van der Waals surface area contributed by atoms with E-state index >= 15 is 0 Å². The number of carbonyl (C=O) groups excluding carboxylic acids is 1. The Morgan fingerprint density at radius 1 is 1.24 bits per heavy atom. The number of hydrogen-bond donors (Lipinski definition) is 1. The quantitative estimate of drug-likeness (QED) is 0.810. The number of benzene rings is 1. The van der Waals surface area contributed by atoms with Crippen LogP contribution < -0.4 is 0 Å². The average Bonchev–Trinajstić information content (AvgIpc) is 2.38. The molecule has 116 valence electrons. The van der Waals surface area contributed by atoms with Gasteiger partial charge in [0.1, 0.15) is 5.60 Å². The molecule has 0 unspecified atom stereocenters. The zero-order valence-electron chi connectivity index (χ0n) is 12.9. The fourth-order valence-electron chi connectivity index (χ4n) is 2.76. The van der Waals surface area contributed by atoms with Crippen molar-refractivity contribution in [2.45, 2.75) is 57.7 Å². The number of halogens is 1. The summed E-state index contributed by atoms with van der Waals surface area (Å²) in [7, 11) is 0. The van der Waals surface area contributed by atoms with Crippen LogP contribution in [0.25, 0.3) is 0 Å². The maximum atomic E-state index is 12.1. The first-order valence-electron chi connectivity index (χ1n) is 7.41. The molecule has 0 spiro atoms. The SMILES string of the molecule is CC(C)(C)OC(=O)C1CCC(O)(c2ccc(Br)cc2)CC1. The Morgan fingerprint density at radius 2 is 1.76 bits per heavy atom. The van der Waals surface area contributed by atoms with E-state index in [-0.39, 0.29) is 11.9 Å². The van der Waals surface area contributed by atoms with E-state index in [1.807, 2.05) is 45.0 Å². The highest BCUT2D eigenvalue weighted by Crippen LogP contribution is 2.40. The van der Waals surface area contributed by atoms with Crippen molar-refractivity contribution >= 4 is 21.9 Å². The number of rotatable bonds is 2. The van der Waals surface area contributed by atoms with Gasteiger partial charge in [-0.1, -0.05) is 28.1 Å². The van der Waals surface area contributed by atoms with Gasteiger partial charge >= 0.3 is 5.97 Å². The zero-order chi connectivity index (χ0) is 15.7. The second-order valence-corrected chi connectivity index (χ2v) is 7.76. The number of ether oxygens (including phenoxy) is 1. The van der Waals surface area contributed by atoms with E-state index in [9.17, 15) is 9.90 Å². The van der Waals surface area contributed by atoms with Crippen molar-refractivity contribution in [3.63, 3.8) is 0 Å². The van der Waals surface area contributed by atoms with Gasteiger partial charge in [0.2, 0.25) is 0 Å². The van der Waals surface area contributed by atoms with E-state index in [4.69, 9.17) is 4.74 Å². The molecule has 1 N–H and O–H groups in total. The van der Waals surface area contributed by atoms with Crippen LogP contribution in [0.5, 0.6) is 0 Å². The first-order valence-corrected chi connectivity index (χ1v) is 8.20. The molecule has 0 aromatic heterocycles. The van der Waals surface area contributed by atoms with Crippen LogP contribution >= 0.6 is 15.9 Å². The van der Waals surface area contributed by atoms with Crippen molar-refractivity contribution in [2.24, 2.45) is 5.92 Å². The van der Waals surface area contributed by atoms with E-state index in [1.54, 1.807) is 0 Å². The predicted octanol–water partition coefficient (Wildman–Crippen LogP) is 4.17. The molecule has 0 bridgehead atoms. The monoisotopic (exact) mass is 354 g/mol. The minimum atomic E-state index is -0.820. The van der Waals surface area contributed by atoms with Crippen LogP contribution in [0, 0.1) is 5.92 Å². The highest BCUT2D eigenvalue weighted by molar-refractivity contribution is 9.10. The second kappa shape index (κ2) is 6.09. The average molecular weight is 355 g/mol. The summed E-state index contributed by atoms with van der Waals surface area (Å²) in [6.45, 7) is 5.64. The molecule has 1 fully saturated rings. The Balaban J connectivity index is 1.99. The van der Waals surface area contributed by atoms with Gasteiger partial charge in [-0.3, -0.25) is 4.79 Å². The summed E-state index contributed by atoms with van der Waals surface area (Å²) >= 11 is 3.40. The zero-order valence-corrected chi connectivity index (χ0v) is 14.4. The van der Waals surface area contributed by atoms with E-state index in [0.717, 1.165) is 10.0 Å². The molecule has 0 heterocycles. The first kappa shape index (κ1) is 16.5. The topological polar surface area (TPSA) is 46.5 Å². The molecule has 1 aromatic rings. The number of hydrogen-bond acceptors (Lipinski definition) is 3. The van der Waals surface area contributed by atoms with E-state index < -0.39 is 11.2 Å². The van der Waals surface area contributed by atoms with Gasteiger partial charge in [0.25, 0.3) is 0 Å². The first-order chi connectivity index (χ1) is 9.70. The van der Waals surface area contributed by atoms with Gasteiger partial charge in [-0.05, 0) is 64.2 Å². The summed E-state index contributed by atoms with van der Waals surface area (Å²) < 4.78 is 6.44. The van der Waals surface area contributed by atoms with Gasteiger partial charge in [0.15, 0.2) is 0 Å². The van der Waals surface area contributed by atoms with Crippen LogP contribution in [-0.2, 0) is 15.1 Å². The smallest absolute Gasteiger partial charge is 0.309 e. The lowest BCUT2D eigenvalue weighted by molar-refractivity contribution is -0.163. The minimum absolute atomic E-state index is 0.0973. The Bertz CT molecular complexity index is 494. The molecule has 21 heavy (non-hydrogen) atoms. The maximum Gasteiger partial charge on any atom is 0.309 e. The highest BCUT2D eigenvalue weighted by Gasteiger charge is 2.38. The van der Waals surface area contributed by atoms with Gasteiger partial charge in [-0.15, -0.1) is 0 Å². The summed E-state index contributed by atoms with van der Waals surface area (Å²) in [4.78, 5) is 12.1. The lowest BCUT2D eigenvalue weighted by atomic mass is 9.75. The molecule has 1 saturated carbocycles. The van der Waals surface area contributed by atoms with E-state index in [1.165, 1.54) is 0 Å². The number of aliphatic hydroxyl groups is 1. The molecule has 0 aliphatic heterocycles. The van der Waals surface area contributed by atoms with Crippen molar-refractivity contribution in [3.05, 3.63) is 34.3 Å². The largest absolute Gasteiger partial charge is 0.460 e. The Kier molecular flexibility index (Phi) is 4.79. The fraction of sp³-hybridized carbons (Fsp3) is 0.588. The standard InChI is InChI=1S/C17H23BrO3/c1-16(2,3)21-15(19)12-8-10-17(20,11-9-12)13-4-6-14(18)7-5-13/h4-7,12,20H,8-11H2,1-3H3. The number of esters is 1. The van der Waals surface area contributed by atoms with Crippen molar-refractivity contribution in [1.29, 1.82) is 0 Å². The van der Waals surface area contributed by atoms with Crippen LogP contribution in [0.4, 0.5) is 0 Å². The van der Waals surface area contributed by atoms with E-state index in [0.29, 0.717) is 25.7 Å². The van der Waals surface area contributed by atoms with Crippen LogP contribution in [0.1, 0.15) is 52.0 Å². The molecule has 1 aliphatic carbocycles. The molecule has 0 atom stereocenters. The predicted molar refractivity (Wildman–Crippen MR) is 85.8 cm³/mol. The molecular formula is C17H23BrO3. The summed E-state index contributed by atoms with van der Waals surface area (Å²) in [5, 5.41) is 10.8. The molecular weight excluding hydrogens is 332 g/mol. The Labute approximate surface area is 134 Å². The number of carbonyl (C=O) groups is 1. The van der Waals surface area contributed by atoms with Crippen molar-refractivity contribution in [1.82, 2.24) is 0 Å². The third kappa shape index (κ3) is 4.30. The molecule has 1 aliphatic rings. The lowest BCUT2D eigenvalue weighted by Crippen LogP contribution is -2.36. The fourth-order valence-corrected chi connectivity index (χ4v) is 3.03. The summed E-state index contributed by atoms with van der Waals surface area (Å²) in [6.07, 6.45) is 2.53. The summed E-state index contributed by atoms with van der Waals surface area (Å²) in [6, 6.07) is 7.76. The third-order valence-corrected chi connectivity index (χ3v) is 4.46. The molecule has 2 rings (SSSR count). The van der Waals surface area contributed by atoms with Gasteiger partial charge in [0, 0.05) is 4.47 Å². The highest BCUT2D eigenvalue weighted by atomic mass is 79.9. The molecule has 0 saturated heterocycles. The van der Waals surface area contributed by atoms with Crippen molar-refractivity contribution in [3.8, 4) is 0 Å². The summed E-state index contributed by atoms with van der Waals surface area (Å²) in [5.74, 6) is -0.236. The van der Waals surface area contributed by atoms with Crippen molar-refractivity contribution < 1.29 is 14.6 Å². The minimum Gasteiger partial charge on any atom is -0.460 e. The van der Waals surface area contributed by atoms with Crippen molar-refractivity contribution in [2.75, 3.05) is 0 Å². The molecule has 1 aromatic carbocycles. The molecule has 4 heteroatoms. The molecule has 0 radical (unpaired) electrons. The van der Waals surface area contributed by atoms with Gasteiger partial charge < -0.3 is 9.84 Å². The van der Waals surface area contributed by atoms with E-state index in [2.05, 4.69) is 15.9 Å². The molecule has 3 nitrogen and oxygen atoms in total. The van der Waals surface area contributed by atoms with Gasteiger partial charge in [-0.2, -0.15) is 0 Å².